The molecule has 2 aromatic rings. The lowest BCUT2D eigenvalue weighted by Gasteiger charge is -2.40. The van der Waals surface area contributed by atoms with Crippen molar-refractivity contribution in [2.24, 2.45) is 0 Å². The fraction of sp³-hybridized carbons (Fsp3) is 0.350. The third-order valence-corrected chi connectivity index (χ3v) is 5.01. The minimum absolute atomic E-state index is 0.0332. The molecule has 2 aliphatic rings. The topological polar surface area (TPSA) is 41.6 Å². The number of halogens is 3. The van der Waals surface area contributed by atoms with Crippen LogP contribution in [0, 0.1) is 0 Å². The van der Waals surface area contributed by atoms with Gasteiger partial charge in [0.2, 0.25) is 0 Å². The van der Waals surface area contributed by atoms with E-state index in [1.165, 1.54) is 17.0 Å². The predicted molar refractivity (Wildman–Crippen MR) is 94.3 cm³/mol. The van der Waals surface area contributed by atoms with Crippen molar-refractivity contribution in [1.29, 1.82) is 0 Å². The van der Waals surface area contributed by atoms with Crippen molar-refractivity contribution in [3.05, 3.63) is 65.2 Å². The van der Waals surface area contributed by atoms with Gasteiger partial charge in [-0.1, -0.05) is 30.3 Å². The third-order valence-electron chi connectivity index (χ3n) is 5.01. The number of hydrogen-bond donors (Lipinski definition) is 1. The zero-order chi connectivity index (χ0) is 19.0. The van der Waals surface area contributed by atoms with E-state index in [2.05, 4.69) is 5.32 Å². The van der Waals surface area contributed by atoms with E-state index in [0.29, 0.717) is 17.9 Å². The SMILES string of the molecule is O=C1c2ccccc2N[C@@H](c2ccccc2C(F)(F)F)N1C[C@@H]1CCCO1. The molecule has 0 unspecified atom stereocenters. The van der Waals surface area contributed by atoms with E-state index in [9.17, 15) is 18.0 Å². The summed E-state index contributed by atoms with van der Waals surface area (Å²) in [6, 6.07) is 12.3. The summed E-state index contributed by atoms with van der Waals surface area (Å²) in [4.78, 5) is 14.6. The molecule has 1 saturated heterocycles. The van der Waals surface area contributed by atoms with Crippen molar-refractivity contribution >= 4 is 11.6 Å². The minimum atomic E-state index is -4.51. The summed E-state index contributed by atoms with van der Waals surface area (Å²) < 4.78 is 46.3. The largest absolute Gasteiger partial charge is 0.416 e. The van der Waals surface area contributed by atoms with E-state index in [0.717, 1.165) is 18.9 Å². The molecule has 7 heteroatoms. The zero-order valence-corrected chi connectivity index (χ0v) is 14.5. The van der Waals surface area contributed by atoms with Gasteiger partial charge in [0.1, 0.15) is 6.17 Å². The average Bonchev–Trinajstić information content (AvgIpc) is 3.16. The summed E-state index contributed by atoms with van der Waals surface area (Å²) in [5, 5.41) is 3.13. The van der Waals surface area contributed by atoms with Gasteiger partial charge in [0.05, 0.1) is 17.2 Å². The van der Waals surface area contributed by atoms with Gasteiger partial charge < -0.3 is 15.0 Å². The van der Waals surface area contributed by atoms with E-state index in [1.54, 1.807) is 30.3 Å². The Bertz CT molecular complexity index is 847. The van der Waals surface area contributed by atoms with E-state index in [4.69, 9.17) is 4.74 Å². The van der Waals surface area contributed by atoms with Crippen molar-refractivity contribution in [2.45, 2.75) is 31.3 Å². The number of ether oxygens (including phenoxy) is 1. The first kappa shape index (κ1) is 17.9. The second-order valence-corrected chi connectivity index (χ2v) is 6.77. The van der Waals surface area contributed by atoms with Crippen LogP contribution in [0.5, 0.6) is 0 Å². The van der Waals surface area contributed by atoms with Crippen LogP contribution in [0.25, 0.3) is 0 Å². The summed E-state index contributed by atoms with van der Waals surface area (Å²) in [6.07, 6.45) is -3.90. The number of benzene rings is 2. The van der Waals surface area contributed by atoms with Crippen molar-refractivity contribution in [1.82, 2.24) is 4.90 Å². The standard InChI is InChI=1S/C20H19F3N2O2/c21-20(22,23)16-9-3-1-7-14(16)18-24-17-10-4-2-8-15(17)19(26)25(18)12-13-6-5-11-27-13/h1-4,7-10,13,18,24H,5-6,11-12H2/t13-,18+/m0/s1. The molecular formula is C20H19F3N2O2. The highest BCUT2D eigenvalue weighted by Gasteiger charge is 2.40. The van der Waals surface area contributed by atoms with Crippen molar-refractivity contribution < 1.29 is 22.7 Å². The fourth-order valence-corrected chi connectivity index (χ4v) is 3.73. The van der Waals surface area contributed by atoms with Crippen LogP contribution in [0.2, 0.25) is 0 Å². The molecule has 2 heterocycles. The highest BCUT2D eigenvalue weighted by atomic mass is 19.4. The lowest BCUT2D eigenvalue weighted by atomic mass is 9.98. The van der Waals surface area contributed by atoms with Crippen LogP contribution in [-0.4, -0.2) is 30.1 Å². The Hall–Kier alpha value is -2.54. The smallest absolute Gasteiger partial charge is 0.376 e. The Morgan fingerprint density at radius 2 is 1.85 bits per heavy atom. The third kappa shape index (κ3) is 3.39. The summed E-state index contributed by atoms with van der Waals surface area (Å²) in [5.41, 5.74) is 0.280. The number of nitrogens with zero attached hydrogens (tertiary/aromatic N) is 1. The lowest BCUT2D eigenvalue weighted by Crippen LogP contribution is -2.46. The zero-order valence-electron chi connectivity index (χ0n) is 14.5. The van der Waals surface area contributed by atoms with Crippen LogP contribution in [0.15, 0.2) is 48.5 Å². The van der Waals surface area contributed by atoms with E-state index >= 15 is 0 Å². The monoisotopic (exact) mass is 376 g/mol. The molecule has 2 atom stereocenters. The average molecular weight is 376 g/mol. The molecule has 0 radical (unpaired) electrons. The molecular weight excluding hydrogens is 357 g/mol. The number of anilines is 1. The highest BCUT2D eigenvalue weighted by Crippen LogP contribution is 2.40. The number of nitrogens with one attached hydrogen (secondary N) is 1. The van der Waals surface area contributed by atoms with Gasteiger partial charge in [0.15, 0.2) is 0 Å². The Morgan fingerprint density at radius 1 is 1.11 bits per heavy atom. The number of carbonyl (C=O) groups is 1. The van der Waals surface area contributed by atoms with Gasteiger partial charge in [-0.2, -0.15) is 13.2 Å². The molecule has 1 amide bonds. The number of amides is 1. The summed E-state index contributed by atoms with van der Waals surface area (Å²) in [6.45, 7) is 0.859. The molecule has 142 valence electrons. The maximum atomic E-state index is 13.6. The molecule has 1 fully saturated rings. The maximum absolute atomic E-state index is 13.6. The van der Waals surface area contributed by atoms with E-state index in [1.807, 2.05) is 0 Å². The quantitative estimate of drug-likeness (QED) is 0.861. The van der Waals surface area contributed by atoms with Crippen LogP contribution in [0.1, 0.15) is 40.5 Å². The van der Waals surface area contributed by atoms with Crippen LogP contribution in [0.4, 0.5) is 18.9 Å². The van der Waals surface area contributed by atoms with Crippen molar-refractivity contribution in [2.75, 3.05) is 18.5 Å². The van der Waals surface area contributed by atoms with Crippen LogP contribution < -0.4 is 5.32 Å². The van der Waals surface area contributed by atoms with Crippen LogP contribution in [-0.2, 0) is 10.9 Å². The van der Waals surface area contributed by atoms with E-state index < -0.39 is 17.9 Å². The number of para-hydroxylation sites is 1. The van der Waals surface area contributed by atoms with Crippen molar-refractivity contribution in [3.63, 3.8) is 0 Å². The number of alkyl halides is 3. The number of fused-ring (bicyclic) bond motifs is 1. The van der Waals surface area contributed by atoms with Gasteiger partial charge in [-0.15, -0.1) is 0 Å². The van der Waals surface area contributed by atoms with Crippen molar-refractivity contribution in [3.8, 4) is 0 Å². The lowest BCUT2D eigenvalue weighted by molar-refractivity contribution is -0.138. The Labute approximate surface area is 154 Å². The first-order valence-corrected chi connectivity index (χ1v) is 8.89. The van der Waals surface area contributed by atoms with Gasteiger partial charge in [-0.05, 0) is 31.0 Å². The molecule has 2 aromatic carbocycles. The second kappa shape index (κ2) is 6.88. The van der Waals surface area contributed by atoms with E-state index in [-0.39, 0.29) is 24.1 Å². The molecule has 27 heavy (non-hydrogen) atoms. The molecule has 4 nitrogen and oxygen atoms in total. The Balaban J connectivity index is 1.78. The predicted octanol–water partition coefficient (Wildman–Crippen LogP) is 4.45. The summed E-state index contributed by atoms with van der Waals surface area (Å²) in [5.74, 6) is -0.290. The van der Waals surface area contributed by atoms with Gasteiger partial charge in [0, 0.05) is 24.4 Å². The van der Waals surface area contributed by atoms with Gasteiger partial charge in [-0.25, -0.2) is 0 Å². The van der Waals surface area contributed by atoms with Crippen LogP contribution in [0.3, 0.4) is 0 Å². The highest BCUT2D eigenvalue weighted by molar-refractivity contribution is 6.01. The first-order chi connectivity index (χ1) is 12.9. The van der Waals surface area contributed by atoms with Gasteiger partial charge >= 0.3 is 6.18 Å². The Morgan fingerprint density at radius 3 is 2.59 bits per heavy atom. The number of carbonyl (C=O) groups excluding carboxylic acids is 1. The molecule has 2 aliphatic heterocycles. The summed E-state index contributed by atoms with van der Waals surface area (Å²) >= 11 is 0. The maximum Gasteiger partial charge on any atom is 0.416 e. The summed E-state index contributed by atoms with van der Waals surface area (Å²) in [7, 11) is 0. The molecule has 0 bridgehead atoms. The molecule has 1 N–H and O–H groups in total. The van der Waals surface area contributed by atoms with Crippen LogP contribution >= 0.6 is 0 Å². The Kier molecular flexibility index (Phi) is 4.55. The fourth-order valence-electron chi connectivity index (χ4n) is 3.73. The number of hydrogen-bond acceptors (Lipinski definition) is 3. The molecule has 0 aromatic heterocycles. The second-order valence-electron chi connectivity index (χ2n) is 6.77. The molecule has 0 aliphatic carbocycles. The van der Waals surface area contributed by atoms with Gasteiger partial charge in [0.25, 0.3) is 5.91 Å². The molecule has 4 rings (SSSR count). The number of rotatable bonds is 3. The van der Waals surface area contributed by atoms with Gasteiger partial charge in [-0.3, -0.25) is 4.79 Å². The molecule has 0 spiro atoms. The minimum Gasteiger partial charge on any atom is -0.376 e. The molecule has 0 saturated carbocycles. The normalized spacial score (nSPS) is 22.5. The first-order valence-electron chi connectivity index (χ1n) is 8.89.